The molecule has 1 aromatic carbocycles. The van der Waals surface area contributed by atoms with E-state index in [0.29, 0.717) is 19.7 Å². The molecule has 1 unspecified atom stereocenters. The molecule has 0 bridgehead atoms. The van der Waals surface area contributed by atoms with Gasteiger partial charge in [0.2, 0.25) is 0 Å². The lowest BCUT2D eigenvalue weighted by molar-refractivity contribution is -0.142. The van der Waals surface area contributed by atoms with Gasteiger partial charge in [-0.3, -0.25) is 9.59 Å². The second-order valence-corrected chi connectivity index (χ2v) is 6.09. The topological polar surface area (TPSA) is 78.9 Å². The van der Waals surface area contributed by atoms with Crippen LogP contribution in [0.25, 0.3) is 0 Å². The van der Waals surface area contributed by atoms with Crippen LogP contribution in [0, 0.1) is 0 Å². The van der Waals surface area contributed by atoms with E-state index in [0.717, 1.165) is 25.7 Å². The summed E-state index contributed by atoms with van der Waals surface area (Å²) in [7, 11) is 0. The fourth-order valence-corrected chi connectivity index (χ4v) is 3.15. The van der Waals surface area contributed by atoms with Gasteiger partial charge in [0.15, 0.2) is 0 Å². The molecule has 1 atom stereocenters. The highest BCUT2D eigenvalue weighted by Gasteiger charge is 2.31. The van der Waals surface area contributed by atoms with Crippen LogP contribution in [0.1, 0.15) is 36.0 Å². The maximum atomic E-state index is 12.3. The van der Waals surface area contributed by atoms with Crippen molar-refractivity contribution in [2.75, 3.05) is 19.7 Å². The smallest absolute Gasteiger partial charge is 0.255 e. The van der Waals surface area contributed by atoms with Crippen LogP contribution >= 0.6 is 0 Å². The molecule has 2 aliphatic rings. The molecule has 124 valence electrons. The zero-order valence-corrected chi connectivity index (χ0v) is 13.0. The van der Waals surface area contributed by atoms with E-state index in [4.69, 9.17) is 4.74 Å². The monoisotopic (exact) mass is 318 g/mol. The number of likely N-dealkylation sites (tertiary alicyclic amines) is 1. The number of hydrogen-bond acceptors (Lipinski definition) is 4. The van der Waals surface area contributed by atoms with E-state index in [2.05, 4.69) is 5.32 Å². The Labute approximate surface area is 135 Å². The van der Waals surface area contributed by atoms with Crippen molar-refractivity contribution in [1.82, 2.24) is 10.2 Å². The van der Waals surface area contributed by atoms with Crippen molar-refractivity contribution in [2.24, 2.45) is 0 Å². The SMILES string of the molecule is O=C(NC1CCN(C(=O)C2CCCO2)CC1)c1ccccc1O. The minimum absolute atomic E-state index is 0.0176. The van der Waals surface area contributed by atoms with Gasteiger partial charge in [-0.05, 0) is 37.8 Å². The lowest BCUT2D eigenvalue weighted by atomic mass is 10.0. The number of aromatic hydroxyl groups is 1. The second kappa shape index (κ2) is 7.00. The molecule has 0 aromatic heterocycles. The Kier molecular flexibility index (Phi) is 4.81. The lowest BCUT2D eigenvalue weighted by Crippen LogP contribution is -2.49. The average Bonchev–Trinajstić information content (AvgIpc) is 3.09. The highest BCUT2D eigenvalue weighted by Crippen LogP contribution is 2.20. The normalized spacial score (nSPS) is 22.1. The van der Waals surface area contributed by atoms with Crippen molar-refractivity contribution in [1.29, 1.82) is 0 Å². The summed E-state index contributed by atoms with van der Waals surface area (Å²) in [5.74, 6) is -0.212. The summed E-state index contributed by atoms with van der Waals surface area (Å²) in [6, 6.07) is 6.52. The Morgan fingerprint density at radius 3 is 2.57 bits per heavy atom. The molecule has 1 aromatic rings. The van der Waals surface area contributed by atoms with Crippen LogP contribution in [0.15, 0.2) is 24.3 Å². The fraction of sp³-hybridized carbons (Fsp3) is 0.529. The molecular formula is C17H22N2O4. The van der Waals surface area contributed by atoms with Crippen molar-refractivity contribution < 1.29 is 19.4 Å². The van der Waals surface area contributed by atoms with Gasteiger partial charge < -0.3 is 20.1 Å². The van der Waals surface area contributed by atoms with Gasteiger partial charge in [-0.25, -0.2) is 0 Å². The fourth-order valence-electron chi connectivity index (χ4n) is 3.15. The number of phenols is 1. The van der Waals surface area contributed by atoms with Crippen LogP contribution in [0.2, 0.25) is 0 Å². The molecule has 0 aliphatic carbocycles. The molecule has 2 amide bonds. The highest BCUT2D eigenvalue weighted by atomic mass is 16.5. The highest BCUT2D eigenvalue weighted by molar-refractivity contribution is 5.96. The van der Waals surface area contributed by atoms with E-state index in [1.165, 1.54) is 6.07 Å². The standard InChI is InChI=1S/C17H22N2O4/c20-14-5-2-1-4-13(14)16(21)18-12-7-9-19(10-8-12)17(22)15-6-3-11-23-15/h1-2,4-5,12,15,20H,3,6-11H2,(H,18,21). The molecule has 0 spiro atoms. The van der Waals surface area contributed by atoms with Crippen LogP contribution < -0.4 is 5.32 Å². The van der Waals surface area contributed by atoms with Crippen molar-refractivity contribution in [2.45, 2.75) is 37.8 Å². The number of carbonyl (C=O) groups excluding carboxylic acids is 2. The molecule has 2 aliphatic heterocycles. The number of benzene rings is 1. The summed E-state index contributed by atoms with van der Waals surface area (Å²) in [5.41, 5.74) is 0.283. The van der Waals surface area contributed by atoms with Crippen molar-refractivity contribution >= 4 is 11.8 Å². The first-order valence-electron chi connectivity index (χ1n) is 8.14. The number of phenolic OH excluding ortho intramolecular Hbond substituents is 1. The number of ether oxygens (including phenoxy) is 1. The zero-order chi connectivity index (χ0) is 16.2. The Morgan fingerprint density at radius 1 is 1.17 bits per heavy atom. The molecule has 23 heavy (non-hydrogen) atoms. The van der Waals surface area contributed by atoms with Gasteiger partial charge in [0.25, 0.3) is 11.8 Å². The van der Waals surface area contributed by atoms with Crippen LogP contribution in [0.3, 0.4) is 0 Å². The number of para-hydroxylation sites is 1. The van der Waals surface area contributed by atoms with Gasteiger partial charge in [0.05, 0.1) is 5.56 Å². The number of piperidine rings is 1. The molecule has 2 heterocycles. The molecule has 2 fully saturated rings. The van der Waals surface area contributed by atoms with Crippen LogP contribution in [-0.2, 0) is 9.53 Å². The van der Waals surface area contributed by atoms with E-state index < -0.39 is 0 Å². The number of rotatable bonds is 3. The third-order valence-electron chi connectivity index (χ3n) is 4.50. The van der Waals surface area contributed by atoms with Crippen molar-refractivity contribution in [3.05, 3.63) is 29.8 Å². The van der Waals surface area contributed by atoms with Gasteiger partial charge in [0.1, 0.15) is 11.9 Å². The summed E-state index contributed by atoms with van der Waals surface area (Å²) in [6.45, 7) is 1.93. The number of carbonyl (C=O) groups is 2. The van der Waals surface area contributed by atoms with E-state index in [-0.39, 0.29) is 35.3 Å². The van der Waals surface area contributed by atoms with Crippen LogP contribution in [-0.4, -0.2) is 53.7 Å². The summed E-state index contributed by atoms with van der Waals surface area (Å²) in [5, 5.41) is 12.7. The summed E-state index contributed by atoms with van der Waals surface area (Å²) in [4.78, 5) is 26.3. The summed E-state index contributed by atoms with van der Waals surface area (Å²) in [6.07, 6.45) is 2.92. The van der Waals surface area contributed by atoms with E-state index in [9.17, 15) is 14.7 Å². The minimum Gasteiger partial charge on any atom is -0.507 e. The minimum atomic E-state index is -0.276. The summed E-state index contributed by atoms with van der Waals surface area (Å²) < 4.78 is 5.44. The maximum Gasteiger partial charge on any atom is 0.255 e. The van der Waals surface area contributed by atoms with E-state index in [1.807, 2.05) is 4.90 Å². The Bertz CT molecular complexity index is 576. The number of amides is 2. The lowest BCUT2D eigenvalue weighted by Gasteiger charge is -2.33. The summed E-state index contributed by atoms with van der Waals surface area (Å²) >= 11 is 0. The predicted molar refractivity (Wildman–Crippen MR) is 84.1 cm³/mol. The third kappa shape index (κ3) is 3.64. The second-order valence-electron chi connectivity index (χ2n) is 6.09. The third-order valence-corrected chi connectivity index (χ3v) is 4.50. The maximum absolute atomic E-state index is 12.3. The van der Waals surface area contributed by atoms with Gasteiger partial charge in [-0.1, -0.05) is 12.1 Å². The molecule has 3 rings (SSSR count). The first-order chi connectivity index (χ1) is 11.1. The molecular weight excluding hydrogens is 296 g/mol. The van der Waals surface area contributed by atoms with Crippen LogP contribution in [0.5, 0.6) is 5.75 Å². The number of hydrogen-bond donors (Lipinski definition) is 2. The Morgan fingerprint density at radius 2 is 1.91 bits per heavy atom. The molecule has 2 saturated heterocycles. The van der Waals surface area contributed by atoms with Gasteiger partial charge in [-0.2, -0.15) is 0 Å². The first kappa shape index (κ1) is 15.8. The van der Waals surface area contributed by atoms with Gasteiger partial charge in [-0.15, -0.1) is 0 Å². The van der Waals surface area contributed by atoms with E-state index >= 15 is 0 Å². The predicted octanol–water partition coefficient (Wildman–Crippen LogP) is 1.29. The molecule has 2 N–H and O–H groups in total. The van der Waals surface area contributed by atoms with Crippen LogP contribution in [0.4, 0.5) is 0 Å². The first-order valence-corrected chi connectivity index (χ1v) is 8.14. The van der Waals surface area contributed by atoms with Gasteiger partial charge >= 0.3 is 0 Å². The zero-order valence-electron chi connectivity index (χ0n) is 13.0. The van der Waals surface area contributed by atoms with Crippen molar-refractivity contribution in [3.8, 4) is 5.75 Å². The molecule has 0 saturated carbocycles. The molecule has 6 heteroatoms. The van der Waals surface area contributed by atoms with Gasteiger partial charge in [0, 0.05) is 25.7 Å². The Balaban J connectivity index is 1.50. The average molecular weight is 318 g/mol. The quantitative estimate of drug-likeness (QED) is 0.880. The molecule has 0 radical (unpaired) electrons. The molecule has 6 nitrogen and oxygen atoms in total. The Hall–Kier alpha value is -2.08. The number of nitrogens with one attached hydrogen (secondary N) is 1. The van der Waals surface area contributed by atoms with Crippen molar-refractivity contribution in [3.63, 3.8) is 0 Å². The van der Waals surface area contributed by atoms with E-state index in [1.54, 1.807) is 18.2 Å². The largest absolute Gasteiger partial charge is 0.507 e. The number of nitrogens with zero attached hydrogens (tertiary/aromatic N) is 1.